The first-order valence-corrected chi connectivity index (χ1v) is 16.5. The molecule has 0 aliphatic carbocycles. The van der Waals surface area contributed by atoms with Gasteiger partial charge in [-0.3, -0.25) is 0 Å². The van der Waals surface area contributed by atoms with E-state index in [1.54, 1.807) is 0 Å². The average Bonchev–Trinajstić information content (AvgIpc) is 3.17. The molecule has 0 aliphatic heterocycles. The van der Waals surface area contributed by atoms with E-state index in [1.165, 1.54) is 36.7 Å². The van der Waals surface area contributed by atoms with E-state index in [0.29, 0.717) is 12.1 Å². The first-order chi connectivity index (χ1) is 27.1. The first kappa shape index (κ1) is 39.9. The number of rotatable bonds is 8. The van der Waals surface area contributed by atoms with Crippen molar-refractivity contribution >= 4 is 35.0 Å². The van der Waals surface area contributed by atoms with E-state index in [0.717, 1.165) is 64.9 Å². The van der Waals surface area contributed by atoms with Gasteiger partial charge in [-0.1, -0.05) is 35.9 Å². The van der Waals surface area contributed by atoms with E-state index in [2.05, 4.69) is 41.0 Å². The third-order valence-electron chi connectivity index (χ3n) is 7.90. The summed E-state index contributed by atoms with van der Waals surface area (Å²) in [5.74, 6) is -1.72. The highest BCUT2D eigenvalue weighted by molar-refractivity contribution is 6.31. The Morgan fingerprint density at radius 2 is 1.11 bits per heavy atom. The van der Waals surface area contributed by atoms with Crippen LogP contribution in [0.25, 0.3) is 22.5 Å². The second-order valence-corrected chi connectivity index (χ2v) is 12.2. The van der Waals surface area contributed by atoms with Crippen LogP contribution in [0.5, 0.6) is 0 Å². The summed E-state index contributed by atoms with van der Waals surface area (Å²) >= 11 is 5.98. The molecular formula is C36H23ClF8N10O2. The van der Waals surface area contributed by atoms with Gasteiger partial charge in [0, 0.05) is 22.3 Å². The molecule has 4 amide bonds. The fourth-order valence-electron chi connectivity index (χ4n) is 5.29. The van der Waals surface area contributed by atoms with Crippen LogP contribution in [0, 0.1) is 11.6 Å². The molecule has 57 heavy (non-hydrogen) atoms. The molecule has 12 nitrogen and oxygen atoms in total. The number of hydrogen-bond acceptors (Lipinski definition) is 8. The molecule has 6 aromatic rings. The van der Waals surface area contributed by atoms with Gasteiger partial charge in [0.25, 0.3) is 0 Å². The number of carbonyl (C=O) groups is 2. The topological polar surface area (TPSA) is 142 Å². The highest BCUT2D eigenvalue weighted by atomic mass is 35.5. The molecule has 2 aromatic carbocycles. The molecule has 0 spiro atoms. The van der Waals surface area contributed by atoms with Gasteiger partial charge in [-0.2, -0.15) is 46.7 Å². The second kappa shape index (κ2) is 16.5. The Bertz CT molecular complexity index is 2410. The third kappa shape index (κ3) is 9.71. The van der Waals surface area contributed by atoms with E-state index >= 15 is 0 Å². The van der Waals surface area contributed by atoms with Crippen LogP contribution in [0.15, 0.2) is 104 Å². The molecule has 4 aromatic heterocycles. The number of benzene rings is 2. The number of hydrogen-bond donors (Lipinski definition) is 2. The number of nitrogens with one attached hydrogen (secondary N) is 2. The number of urea groups is 2. The molecule has 292 valence electrons. The van der Waals surface area contributed by atoms with Crippen molar-refractivity contribution < 1.29 is 44.7 Å². The predicted octanol–water partition coefficient (Wildman–Crippen LogP) is 9.04. The SMILES string of the molecule is O=C(Nc1ccnnc1)N(Cc1ccc(C(F)(F)F)nc1-c1cccc(F)c1)N(Cc1ccc(C(F)(F)F)nc1-c1ccc(F)c(Cl)c1)C(=O)Nc1ccnnc1. The van der Waals surface area contributed by atoms with Gasteiger partial charge in [0.2, 0.25) is 0 Å². The number of alkyl halides is 6. The lowest BCUT2D eigenvalue weighted by Gasteiger charge is -2.35. The maximum atomic E-state index is 14.5. The molecule has 0 bridgehead atoms. The van der Waals surface area contributed by atoms with Crippen LogP contribution in [0.3, 0.4) is 0 Å². The van der Waals surface area contributed by atoms with Crippen LogP contribution in [0.1, 0.15) is 22.5 Å². The molecule has 21 heteroatoms. The third-order valence-corrected chi connectivity index (χ3v) is 8.19. The zero-order chi connectivity index (χ0) is 40.9. The Labute approximate surface area is 321 Å². The summed E-state index contributed by atoms with van der Waals surface area (Å²) in [5.41, 5.74) is -4.03. The van der Waals surface area contributed by atoms with Gasteiger partial charge in [-0.15, -0.1) is 0 Å². The molecular weight excluding hydrogens is 792 g/mol. The van der Waals surface area contributed by atoms with Crippen LogP contribution in [-0.2, 0) is 25.4 Å². The van der Waals surface area contributed by atoms with Gasteiger partial charge in [0.15, 0.2) is 0 Å². The standard InChI is InChI=1S/C36H23ClF8N10O2/c37-27-15-21(4-7-28(27)39)32-23(6-9-30(53-32)36(43,44)45)19-55(34(57)51-26-11-13-47-49-17-26)54(33(56)50-25-10-12-46-48-16-25)18-22-5-8-29(35(40,41)42)52-31(22)20-2-1-3-24(38)14-20/h1-17H,18-19H2,(H,46,50,56)(H,47,51,57). The summed E-state index contributed by atoms with van der Waals surface area (Å²) in [6.45, 7) is -1.54. The van der Waals surface area contributed by atoms with Crippen molar-refractivity contribution in [1.29, 1.82) is 0 Å². The number of aromatic nitrogens is 6. The quantitative estimate of drug-likeness (QED) is 0.115. The highest BCUT2D eigenvalue weighted by Gasteiger charge is 2.36. The predicted molar refractivity (Wildman–Crippen MR) is 187 cm³/mol. The minimum atomic E-state index is -4.96. The Morgan fingerprint density at radius 3 is 1.53 bits per heavy atom. The summed E-state index contributed by atoms with van der Waals surface area (Å²) < 4.78 is 112. The fourth-order valence-corrected chi connectivity index (χ4v) is 5.47. The molecule has 0 aliphatic rings. The number of anilines is 2. The summed E-state index contributed by atoms with van der Waals surface area (Å²) in [5, 5.41) is 20.6. The number of nitrogens with zero attached hydrogens (tertiary/aromatic N) is 8. The minimum Gasteiger partial charge on any atom is -0.305 e. The van der Waals surface area contributed by atoms with Crippen molar-refractivity contribution in [2.75, 3.05) is 10.6 Å². The summed E-state index contributed by atoms with van der Waals surface area (Å²) in [6, 6.07) is 11.0. The lowest BCUT2D eigenvalue weighted by molar-refractivity contribution is -0.141. The first-order valence-electron chi connectivity index (χ1n) is 16.1. The molecule has 0 unspecified atom stereocenters. The summed E-state index contributed by atoms with van der Waals surface area (Å²) in [6.07, 6.45) is -5.21. The van der Waals surface area contributed by atoms with Crippen molar-refractivity contribution in [3.8, 4) is 22.5 Å². The maximum absolute atomic E-state index is 14.5. The molecule has 0 fully saturated rings. The maximum Gasteiger partial charge on any atom is 0.433 e. The largest absolute Gasteiger partial charge is 0.433 e. The molecule has 6 rings (SSSR count). The van der Waals surface area contributed by atoms with Gasteiger partial charge in [0.05, 0.1) is 65.7 Å². The minimum absolute atomic E-state index is 0.0337. The van der Waals surface area contributed by atoms with E-state index < -0.39 is 76.9 Å². The molecule has 0 atom stereocenters. The Balaban J connectivity index is 1.54. The molecule has 0 radical (unpaired) electrons. The van der Waals surface area contributed by atoms with E-state index in [9.17, 15) is 44.7 Å². The van der Waals surface area contributed by atoms with Gasteiger partial charge in [-0.25, -0.2) is 38.4 Å². The van der Waals surface area contributed by atoms with Gasteiger partial charge in [-0.05, 0) is 54.6 Å². The van der Waals surface area contributed by atoms with E-state index in [-0.39, 0.29) is 33.6 Å². The molecule has 2 N–H and O–H groups in total. The zero-order valence-electron chi connectivity index (χ0n) is 28.5. The molecule has 0 saturated carbocycles. The second-order valence-electron chi connectivity index (χ2n) is 11.8. The number of halogens is 9. The van der Waals surface area contributed by atoms with E-state index in [4.69, 9.17) is 11.6 Å². The van der Waals surface area contributed by atoms with Gasteiger partial charge < -0.3 is 10.6 Å². The van der Waals surface area contributed by atoms with Crippen molar-refractivity contribution in [3.05, 3.63) is 143 Å². The number of amides is 4. The van der Waals surface area contributed by atoms with E-state index in [1.807, 2.05) is 0 Å². The van der Waals surface area contributed by atoms with Crippen molar-refractivity contribution in [1.82, 2.24) is 40.4 Å². The van der Waals surface area contributed by atoms with Crippen LogP contribution >= 0.6 is 11.6 Å². The Kier molecular flexibility index (Phi) is 11.5. The smallest absolute Gasteiger partial charge is 0.305 e. The Hall–Kier alpha value is -6.83. The van der Waals surface area contributed by atoms with Crippen molar-refractivity contribution in [2.45, 2.75) is 25.4 Å². The molecule has 4 heterocycles. The van der Waals surface area contributed by atoms with Crippen molar-refractivity contribution in [3.63, 3.8) is 0 Å². The van der Waals surface area contributed by atoms with Crippen LogP contribution in [-0.4, -0.2) is 52.4 Å². The van der Waals surface area contributed by atoms with Crippen LogP contribution in [0.4, 0.5) is 56.1 Å². The van der Waals surface area contributed by atoms with Gasteiger partial charge >= 0.3 is 24.4 Å². The monoisotopic (exact) mass is 814 g/mol. The summed E-state index contributed by atoms with van der Waals surface area (Å²) in [7, 11) is 0. The fraction of sp³-hybridized carbons (Fsp3) is 0.111. The zero-order valence-corrected chi connectivity index (χ0v) is 29.3. The lowest BCUT2D eigenvalue weighted by Crippen LogP contribution is -2.52. The van der Waals surface area contributed by atoms with Crippen LogP contribution in [0.2, 0.25) is 5.02 Å². The number of carbonyl (C=O) groups excluding carboxylic acids is 2. The average molecular weight is 815 g/mol. The Morgan fingerprint density at radius 1 is 0.614 bits per heavy atom. The number of pyridine rings is 2. The van der Waals surface area contributed by atoms with Crippen LogP contribution < -0.4 is 10.6 Å². The van der Waals surface area contributed by atoms with Gasteiger partial charge in [0.1, 0.15) is 23.0 Å². The number of hydrazine groups is 1. The highest BCUT2D eigenvalue weighted by Crippen LogP contribution is 2.35. The summed E-state index contributed by atoms with van der Waals surface area (Å²) in [4.78, 5) is 36.1. The molecule has 0 saturated heterocycles. The lowest BCUT2D eigenvalue weighted by atomic mass is 10.0. The van der Waals surface area contributed by atoms with Crippen molar-refractivity contribution in [2.24, 2.45) is 0 Å². The normalized spacial score (nSPS) is 11.5.